The van der Waals surface area contributed by atoms with Gasteiger partial charge in [-0.15, -0.1) is 0 Å². The first-order valence-corrected chi connectivity index (χ1v) is 9.23. The van der Waals surface area contributed by atoms with Crippen molar-refractivity contribution < 1.29 is 28.2 Å². The Labute approximate surface area is 170 Å². The van der Waals surface area contributed by atoms with Crippen molar-refractivity contribution >= 4 is 0 Å². The van der Waals surface area contributed by atoms with E-state index in [0.717, 1.165) is 23.3 Å². The number of aromatic nitrogens is 1. The summed E-state index contributed by atoms with van der Waals surface area (Å²) in [6, 6.07) is 9.49. The average molecular weight is 399 g/mol. The zero-order valence-electron chi connectivity index (χ0n) is 17.3. The Balaban J connectivity index is 2.10. The molecule has 0 saturated carbocycles. The summed E-state index contributed by atoms with van der Waals surface area (Å²) in [4.78, 5) is 0. The van der Waals surface area contributed by atoms with Crippen LogP contribution in [0.25, 0.3) is 22.5 Å². The van der Waals surface area contributed by atoms with E-state index in [1.54, 1.807) is 34.6 Å². The van der Waals surface area contributed by atoms with Crippen LogP contribution in [0.1, 0.15) is 13.3 Å². The van der Waals surface area contributed by atoms with Crippen LogP contribution in [-0.4, -0.2) is 40.2 Å². The number of nitrogens with zero attached hydrogens (tertiary/aromatic N) is 1. The Hall–Kier alpha value is -3.35. The highest BCUT2D eigenvalue weighted by Gasteiger charge is 2.25. The summed E-state index contributed by atoms with van der Waals surface area (Å²) < 4.78 is 33.3. The number of hydrogen-bond acceptors (Lipinski definition) is 7. The monoisotopic (exact) mass is 399 g/mol. The Morgan fingerprint density at radius 2 is 1.52 bits per heavy atom. The Morgan fingerprint density at radius 3 is 2.10 bits per heavy atom. The summed E-state index contributed by atoms with van der Waals surface area (Å²) >= 11 is 0. The van der Waals surface area contributed by atoms with E-state index in [4.69, 9.17) is 28.2 Å². The SMILES string of the molecule is CCCOc1ccc(-c2oncc2-c2cc(OC)c(OC)c(OC)c2OC)cc1. The molecule has 0 fully saturated rings. The van der Waals surface area contributed by atoms with E-state index in [9.17, 15) is 0 Å². The minimum Gasteiger partial charge on any atom is -0.494 e. The lowest BCUT2D eigenvalue weighted by Gasteiger charge is -2.18. The molecule has 1 heterocycles. The maximum atomic E-state index is 5.65. The molecule has 2 aromatic carbocycles. The van der Waals surface area contributed by atoms with Gasteiger partial charge in [-0.2, -0.15) is 0 Å². The van der Waals surface area contributed by atoms with E-state index in [1.807, 2.05) is 30.3 Å². The zero-order chi connectivity index (χ0) is 20.8. The maximum Gasteiger partial charge on any atom is 0.207 e. The van der Waals surface area contributed by atoms with Gasteiger partial charge in [0.2, 0.25) is 11.5 Å². The average Bonchev–Trinajstić information content (AvgIpc) is 3.25. The fourth-order valence-electron chi connectivity index (χ4n) is 3.09. The largest absolute Gasteiger partial charge is 0.494 e. The summed E-state index contributed by atoms with van der Waals surface area (Å²) in [5.74, 6) is 3.29. The first kappa shape index (κ1) is 20.4. The molecule has 0 N–H and O–H groups in total. The number of rotatable bonds is 9. The molecule has 0 unspecified atom stereocenters. The Bertz CT molecular complexity index is 949. The minimum atomic E-state index is 0.430. The Kier molecular flexibility index (Phi) is 6.49. The third-order valence-electron chi connectivity index (χ3n) is 4.44. The standard InChI is InChI=1S/C22H25NO6/c1-6-11-28-15-9-7-14(8-10-15)19-17(13-23-29-19)16-12-18(24-2)21(26-4)22(27-5)20(16)25-3/h7-10,12-13H,6,11H2,1-5H3. The fraction of sp³-hybridized carbons (Fsp3) is 0.318. The summed E-state index contributed by atoms with van der Waals surface area (Å²) in [6.45, 7) is 2.75. The minimum absolute atomic E-state index is 0.430. The van der Waals surface area contributed by atoms with Crippen LogP contribution >= 0.6 is 0 Å². The van der Waals surface area contributed by atoms with Gasteiger partial charge in [-0.25, -0.2) is 0 Å². The van der Waals surface area contributed by atoms with Gasteiger partial charge in [0.15, 0.2) is 17.3 Å². The molecule has 3 aromatic rings. The van der Waals surface area contributed by atoms with E-state index in [1.165, 1.54) is 0 Å². The van der Waals surface area contributed by atoms with Gasteiger partial charge in [0.25, 0.3) is 0 Å². The van der Waals surface area contributed by atoms with Crippen LogP contribution in [0.5, 0.6) is 28.7 Å². The number of ether oxygens (including phenoxy) is 5. The predicted molar refractivity (Wildman–Crippen MR) is 109 cm³/mol. The molecule has 0 aliphatic carbocycles. The van der Waals surface area contributed by atoms with Crippen LogP contribution in [0.2, 0.25) is 0 Å². The van der Waals surface area contributed by atoms with E-state index in [2.05, 4.69) is 12.1 Å². The summed E-state index contributed by atoms with van der Waals surface area (Å²) in [5.41, 5.74) is 2.31. The quantitative estimate of drug-likeness (QED) is 0.510. The molecule has 0 atom stereocenters. The molecule has 0 amide bonds. The molecule has 3 rings (SSSR count). The Morgan fingerprint density at radius 1 is 0.828 bits per heavy atom. The molecular weight excluding hydrogens is 374 g/mol. The molecule has 0 saturated heterocycles. The van der Waals surface area contributed by atoms with Crippen molar-refractivity contribution in [1.82, 2.24) is 5.16 Å². The van der Waals surface area contributed by atoms with Crippen LogP contribution in [0.3, 0.4) is 0 Å². The first-order valence-electron chi connectivity index (χ1n) is 9.23. The lowest BCUT2D eigenvalue weighted by atomic mass is 10.00. The molecule has 1 aromatic heterocycles. The van der Waals surface area contributed by atoms with Crippen LogP contribution < -0.4 is 23.7 Å². The van der Waals surface area contributed by atoms with Gasteiger partial charge in [-0.1, -0.05) is 12.1 Å². The molecule has 0 spiro atoms. The van der Waals surface area contributed by atoms with Crippen molar-refractivity contribution in [2.24, 2.45) is 0 Å². The number of hydrogen-bond donors (Lipinski definition) is 0. The molecule has 0 bridgehead atoms. The predicted octanol–water partition coefficient (Wildman–Crippen LogP) is 4.83. The second-order valence-corrected chi connectivity index (χ2v) is 6.17. The van der Waals surface area contributed by atoms with E-state index >= 15 is 0 Å². The second kappa shape index (κ2) is 9.23. The van der Waals surface area contributed by atoms with Crippen LogP contribution in [0.15, 0.2) is 41.1 Å². The fourth-order valence-corrected chi connectivity index (χ4v) is 3.09. The zero-order valence-corrected chi connectivity index (χ0v) is 17.3. The van der Waals surface area contributed by atoms with Crippen molar-refractivity contribution in [3.8, 4) is 51.2 Å². The normalized spacial score (nSPS) is 10.5. The van der Waals surface area contributed by atoms with Gasteiger partial charge in [0.1, 0.15) is 5.75 Å². The van der Waals surface area contributed by atoms with Gasteiger partial charge < -0.3 is 28.2 Å². The van der Waals surface area contributed by atoms with Crippen molar-refractivity contribution in [1.29, 1.82) is 0 Å². The van der Waals surface area contributed by atoms with Crippen LogP contribution in [0.4, 0.5) is 0 Å². The molecule has 7 nitrogen and oxygen atoms in total. The van der Waals surface area contributed by atoms with Crippen molar-refractivity contribution in [3.63, 3.8) is 0 Å². The number of methoxy groups -OCH3 is 4. The lowest BCUT2D eigenvalue weighted by molar-refractivity contribution is 0.306. The molecule has 0 aliphatic rings. The topological polar surface area (TPSA) is 72.2 Å². The molecule has 154 valence electrons. The van der Waals surface area contributed by atoms with Gasteiger partial charge >= 0.3 is 0 Å². The lowest BCUT2D eigenvalue weighted by Crippen LogP contribution is -2.00. The molecule has 0 radical (unpaired) electrons. The highest BCUT2D eigenvalue weighted by molar-refractivity contribution is 5.86. The maximum absolute atomic E-state index is 5.65. The van der Waals surface area contributed by atoms with Crippen molar-refractivity contribution in [3.05, 3.63) is 36.5 Å². The van der Waals surface area contributed by atoms with Gasteiger partial charge in [0, 0.05) is 11.1 Å². The highest BCUT2D eigenvalue weighted by Crippen LogP contribution is 2.51. The first-order chi connectivity index (χ1) is 14.2. The molecule has 7 heteroatoms. The van der Waals surface area contributed by atoms with Crippen molar-refractivity contribution in [2.45, 2.75) is 13.3 Å². The second-order valence-electron chi connectivity index (χ2n) is 6.17. The third-order valence-corrected chi connectivity index (χ3v) is 4.44. The molecular formula is C22H25NO6. The smallest absolute Gasteiger partial charge is 0.207 e. The van der Waals surface area contributed by atoms with Crippen molar-refractivity contribution in [2.75, 3.05) is 35.0 Å². The van der Waals surface area contributed by atoms with Gasteiger partial charge in [-0.05, 0) is 36.8 Å². The van der Waals surface area contributed by atoms with Crippen LogP contribution in [-0.2, 0) is 0 Å². The molecule has 0 aliphatic heterocycles. The number of benzene rings is 2. The molecule has 29 heavy (non-hydrogen) atoms. The van der Waals surface area contributed by atoms with Crippen LogP contribution in [0, 0.1) is 0 Å². The third kappa shape index (κ3) is 3.94. The highest BCUT2D eigenvalue weighted by atomic mass is 16.5. The summed E-state index contributed by atoms with van der Waals surface area (Å²) in [5, 5.41) is 4.00. The van der Waals surface area contributed by atoms with Gasteiger partial charge in [0.05, 0.1) is 46.8 Å². The van der Waals surface area contributed by atoms with Gasteiger partial charge in [-0.3, -0.25) is 0 Å². The summed E-state index contributed by atoms with van der Waals surface area (Å²) in [6.07, 6.45) is 2.59. The van der Waals surface area contributed by atoms with E-state index in [0.29, 0.717) is 40.9 Å². The summed E-state index contributed by atoms with van der Waals surface area (Å²) in [7, 11) is 6.23. The van der Waals surface area contributed by atoms with E-state index in [-0.39, 0.29) is 0 Å². The van der Waals surface area contributed by atoms with E-state index < -0.39 is 0 Å².